The molecule has 0 heterocycles. The highest BCUT2D eigenvalue weighted by atomic mass is 19.1. The Morgan fingerprint density at radius 1 is 1.56 bits per heavy atom. The van der Waals surface area contributed by atoms with Crippen LogP contribution in [0, 0.1) is 17.7 Å². The van der Waals surface area contributed by atoms with E-state index in [4.69, 9.17) is 5.11 Å². The van der Waals surface area contributed by atoms with Crippen LogP contribution in [0.3, 0.4) is 0 Å². The van der Waals surface area contributed by atoms with Crippen molar-refractivity contribution in [2.24, 2.45) is 0 Å². The van der Waals surface area contributed by atoms with Crippen LogP contribution in [0.15, 0.2) is 18.2 Å². The fourth-order valence-corrected chi connectivity index (χ4v) is 1.10. The Hall–Kier alpha value is -1.86. The third-order valence-electron chi connectivity index (χ3n) is 1.92. The van der Waals surface area contributed by atoms with Crippen LogP contribution in [0.5, 0.6) is 0 Å². The largest absolute Gasteiger partial charge is 0.468 e. The van der Waals surface area contributed by atoms with Crippen LogP contribution in [-0.4, -0.2) is 18.2 Å². The number of rotatable bonds is 2. The summed E-state index contributed by atoms with van der Waals surface area (Å²) < 4.78 is 17.2. The molecule has 16 heavy (non-hydrogen) atoms. The van der Waals surface area contributed by atoms with E-state index in [0.717, 1.165) is 0 Å². The first-order valence-corrected chi connectivity index (χ1v) is 4.62. The Bertz CT molecular complexity index is 443. The number of hydrogen-bond donors (Lipinski definition) is 1. The maximum atomic E-state index is 12.8. The lowest BCUT2D eigenvalue weighted by Gasteiger charge is -1.99. The van der Waals surface area contributed by atoms with Gasteiger partial charge in [0.2, 0.25) is 0 Å². The number of halogens is 1. The summed E-state index contributed by atoms with van der Waals surface area (Å²) in [7, 11) is 1.28. The average Bonchev–Trinajstić information content (AvgIpc) is 2.30. The number of benzene rings is 1. The topological polar surface area (TPSA) is 46.5 Å². The summed E-state index contributed by atoms with van der Waals surface area (Å²) in [5.74, 6) is 4.41. The molecule has 3 nitrogen and oxygen atoms in total. The van der Waals surface area contributed by atoms with Crippen molar-refractivity contribution in [1.29, 1.82) is 0 Å². The molecule has 1 N–H and O–H groups in total. The molecule has 0 saturated carbocycles. The van der Waals surface area contributed by atoms with E-state index in [-0.39, 0.29) is 13.0 Å². The molecule has 84 valence electrons. The summed E-state index contributed by atoms with van der Waals surface area (Å²) in [4.78, 5) is 10.8. The molecule has 0 radical (unpaired) electrons. The maximum Gasteiger partial charge on any atom is 0.317 e. The SMILES string of the molecule is COC(=O)CC#Cc1ccc(F)cc1CO. The van der Waals surface area contributed by atoms with Gasteiger partial charge in [-0.15, -0.1) is 0 Å². The predicted molar refractivity (Wildman–Crippen MR) is 55.8 cm³/mol. The molecule has 0 saturated heterocycles. The van der Waals surface area contributed by atoms with Crippen molar-refractivity contribution >= 4 is 5.97 Å². The first-order valence-electron chi connectivity index (χ1n) is 4.62. The van der Waals surface area contributed by atoms with E-state index in [0.29, 0.717) is 11.1 Å². The molecule has 1 rings (SSSR count). The summed E-state index contributed by atoms with van der Waals surface area (Å²) in [5.41, 5.74) is 0.908. The summed E-state index contributed by atoms with van der Waals surface area (Å²) >= 11 is 0. The molecular formula is C12H11FO3. The van der Waals surface area contributed by atoms with E-state index in [1.807, 2.05) is 0 Å². The number of aliphatic hydroxyl groups is 1. The normalized spacial score (nSPS) is 9.19. The lowest BCUT2D eigenvalue weighted by molar-refractivity contribution is -0.139. The number of esters is 1. The van der Waals surface area contributed by atoms with Crippen LogP contribution >= 0.6 is 0 Å². The zero-order valence-electron chi connectivity index (χ0n) is 8.79. The standard InChI is InChI=1S/C12H11FO3/c1-16-12(15)4-2-3-9-5-6-11(13)7-10(9)8-14/h5-7,14H,4,8H2,1H3. The number of carbonyl (C=O) groups is 1. The number of aliphatic hydroxyl groups excluding tert-OH is 1. The fraction of sp³-hybridized carbons (Fsp3) is 0.250. The predicted octanol–water partition coefficient (Wildman–Crippen LogP) is 1.23. The highest BCUT2D eigenvalue weighted by Gasteiger charge is 2.00. The molecule has 0 fully saturated rings. The van der Waals surface area contributed by atoms with Crippen LogP contribution in [-0.2, 0) is 16.1 Å². The Kier molecular flexibility index (Phi) is 4.49. The molecule has 0 atom stereocenters. The molecule has 0 aliphatic rings. The zero-order chi connectivity index (χ0) is 12.0. The van der Waals surface area contributed by atoms with Gasteiger partial charge in [0.25, 0.3) is 0 Å². The summed E-state index contributed by atoms with van der Waals surface area (Å²) in [6, 6.07) is 3.93. The van der Waals surface area contributed by atoms with Gasteiger partial charge in [-0.3, -0.25) is 4.79 Å². The molecule has 0 aromatic heterocycles. The molecule has 4 heteroatoms. The molecular weight excluding hydrogens is 211 g/mol. The molecule has 1 aromatic carbocycles. The minimum absolute atomic E-state index is 0.0290. The van der Waals surface area contributed by atoms with Crippen LogP contribution in [0.1, 0.15) is 17.5 Å². The van der Waals surface area contributed by atoms with Gasteiger partial charge < -0.3 is 9.84 Å². The zero-order valence-corrected chi connectivity index (χ0v) is 8.79. The van der Waals surface area contributed by atoms with Crippen molar-refractivity contribution in [2.75, 3.05) is 7.11 Å². The van der Waals surface area contributed by atoms with Crippen molar-refractivity contribution in [3.8, 4) is 11.8 Å². The summed E-state index contributed by atoms with van der Waals surface area (Å²) in [6.07, 6.45) is -0.0290. The van der Waals surface area contributed by atoms with Gasteiger partial charge in [0, 0.05) is 5.56 Å². The van der Waals surface area contributed by atoms with E-state index in [1.54, 1.807) is 0 Å². The highest BCUT2D eigenvalue weighted by Crippen LogP contribution is 2.10. The van der Waals surface area contributed by atoms with Crippen molar-refractivity contribution in [3.63, 3.8) is 0 Å². The van der Waals surface area contributed by atoms with E-state index in [1.165, 1.54) is 25.3 Å². The Labute approximate surface area is 92.9 Å². The lowest BCUT2D eigenvalue weighted by atomic mass is 10.1. The van der Waals surface area contributed by atoms with Crippen molar-refractivity contribution in [2.45, 2.75) is 13.0 Å². The summed E-state index contributed by atoms with van der Waals surface area (Å²) in [5, 5.41) is 8.97. The van der Waals surface area contributed by atoms with Crippen LogP contribution in [0.25, 0.3) is 0 Å². The molecule has 0 unspecified atom stereocenters. The minimum Gasteiger partial charge on any atom is -0.468 e. The lowest BCUT2D eigenvalue weighted by Crippen LogP contribution is -1.97. The number of methoxy groups -OCH3 is 1. The van der Waals surface area contributed by atoms with Crippen LogP contribution in [0.4, 0.5) is 4.39 Å². The maximum absolute atomic E-state index is 12.8. The van der Waals surface area contributed by atoms with Gasteiger partial charge in [0.15, 0.2) is 0 Å². The van der Waals surface area contributed by atoms with E-state index in [9.17, 15) is 9.18 Å². The molecule has 0 aliphatic heterocycles. The Morgan fingerprint density at radius 2 is 2.31 bits per heavy atom. The first kappa shape index (κ1) is 12.2. The quantitative estimate of drug-likeness (QED) is 0.604. The Morgan fingerprint density at radius 3 is 2.94 bits per heavy atom. The second-order valence-corrected chi connectivity index (χ2v) is 3.01. The van der Waals surface area contributed by atoms with Gasteiger partial charge in [-0.05, 0) is 23.8 Å². The Balaban J connectivity index is 2.84. The van der Waals surface area contributed by atoms with E-state index >= 15 is 0 Å². The molecule has 0 spiro atoms. The summed E-state index contributed by atoms with van der Waals surface area (Å²) in [6.45, 7) is -0.292. The van der Waals surface area contributed by atoms with Crippen molar-refractivity contribution in [1.82, 2.24) is 0 Å². The smallest absolute Gasteiger partial charge is 0.317 e. The van der Waals surface area contributed by atoms with Gasteiger partial charge in [-0.1, -0.05) is 11.8 Å². The fourth-order valence-electron chi connectivity index (χ4n) is 1.10. The average molecular weight is 222 g/mol. The van der Waals surface area contributed by atoms with Crippen LogP contribution in [0.2, 0.25) is 0 Å². The van der Waals surface area contributed by atoms with Gasteiger partial charge in [-0.2, -0.15) is 0 Å². The first-order chi connectivity index (χ1) is 7.67. The van der Waals surface area contributed by atoms with E-state index < -0.39 is 11.8 Å². The molecule has 1 aromatic rings. The van der Waals surface area contributed by atoms with Crippen LogP contribution < -0.4 is 0 Å². The van der Waals surface area contributed by atoms with Gasteiger partial charge in [-0.25, -0.2) is 4.39 Å². The molecule has 0 bridgehead atoms. The third kappa shape index (κ3) is 3.37. The number of carbonyl (C=O) groups excluding carboxylic acids is 1. The monoisotopic (exact) mass is 222 g/mol. The number of ether oxygens (including phenoxy) is 1. The minimum atomic E-state index is -0.430. The third-order valence-corrected chi connectivity index (χ3v) is 1.92. The number of hydrogen-bond acceptors (Lipinski definition) is 3. The van der Waals surface area contributed by atoms with Gasteiger partial charge in [0.1, 0.15) is 12.2 Å². The second kappa shape index (κ2) is 5.89. The van der Waals surface area contributed by atoms with Gasteiger partial charge >= 0.3 is 5.97 Å². The molecule has 0 amide bonds. The second-order valence-electron chi connectivity index (χ2n) is 3.01. The van der Waals surface area contributed by atoms with Crippen molar-refractivity contribution < 1.29 is 19.0 Å². The van der Waals surface area contributed by atoms with Gasteiger partial charge in [0.05, 0.1) is 13.7 Å². The van der Waals surface area contributed by atoms with E-state index in [2.05, 4.69) is 16.6 Å². The highest BCUT2D eigenvalue weighted by molar-refractivity contribution is 5.72. The van der Waals surface area contributed by atoms with Crippen molar-refractivity contribution in [3.05, 3.63) is 35.1 Å². The molecule has 0 aliphatic carbocycles.